The van der Waals surface area contributed by atoms with Gasteiger partial charge in [-0.1, -0.05) is 18.2 Å². The van der Waals surface area contributed by atoms with Crippen molar-refractivity contribution in [2.45, 2.75) is 20.8 Å². The molecule has 0 radical (unpaired) electrons. The van der Waals surface area contributed by atoms with Crippen molar-refractivity contribution < 1.29 is 4.79 Å². The van der Waals surface area contributed by atoms with Crippen molar-refractivity contribution in [2.75, 3.05) is 5.32 Å². The number of amides is 1. The summed E-state index contributed by atoms with van der Waals surface area (Å²) >= 11 is 0. The summed E-state index contributed by atoms with van der Waals surface area (Å²) in [4.78, 5) is 30.2. The van der Waals surface area contributed by atoms with E-state index in [9.17, 15) is 9.59 Å². The molecule has 2 rings (SSSR count). The Morgan fingerprint density at radius 2 is 1.84 bits per heavy atom. The second kappa shape index (κ2) is 5.06. The van der Waals surface area contributed by atoms with Crippen molar-refractivity contribution in [2.24, 2.45) is 0 Å². The summed E-state index contributed by atoms with van der Waals surface area (Å²) < 4.78 is 0. The first-order chi connectivity index (χ1) is 8.99. The van der Waals surface area contributed by atoms with E-state index in [4.69, 9.17) is 0 Å². The standard InChI is InChI=1S/C14H15N3O2/c1-8-5-4-6-9(2)12(8)17-14(19)11-7-15-10(3)16-13(11)18/h4-7H,1-3H3,(H,17,19)(H,15,16,18). The average molecular weight is 257 g/mol. The first-order valence-electron chi connectivity index (χ1n) is 5.92. The quantitative estimate of drug-likeness (QED) is 0.863. The van der Waals surface area contributed by atoms with Crippen LogP contribution in [0.3, 0.4) is 0 Å². The van der Waals surface area contributed by atoms with Crippen molar-refractivity contribution in [3.8, 4) is 0 Å². The van der Waals surface area contributed by atoms with Gasteiger partial charge in [0.2, 0.25) is 0 Å². The Bertz CT molecular complexity index is 669. The van der Waals surface area contributed by atoms with Crippen LogP contribution in [-0.2, 0) is 0 Å². The molecule has 5 heteroatoms. The Kier molecular flexibility index (Phi) is 3.46. The molecule has 1 amide bonds. The Balaban J connectivity index is 2.34. The van der Waals surface area contributed by atoms with Crippen LogP contribution in [0.1, 0.15) is 27.3 Å². The lowest BCUT2D eigenvalue weighted by molar-refractivity contribution is 0.102. The first-order valence-corrected chi connectivity index (χ1v) is 5.92. The summed E-state index contributed by atoms with van der Waals surface area (Å²) in [6, 6.07) is 5.72. The summed E-state index contributed by atoms with van der Waals surface area (Å²) in [6.07, 6.45) is 1.29. The molecule has 0 fully saturated rings. The molecule has 1 heterocycles. The minimum atomic E-state index is -0.453. The highest BCUT2D eigenvalue weighted by atomic mass is 16.2. The second-order valence-corrected chi connectivity index (χ2v) is 4.43. The zero-order valence-electron chi connectivity index (χ0n) is 11.1. The molecular formula is C14H15N3O2. The van der Waals surface area contributed by atoms with Gasteiger partial charge >= 0.3 is 0 Å². The average Bonchev–Trinajstić information content (AvgIpc) is 2.33. The van der Waals surface area contributed by atoms with E-state index in [1.807, 2.05) is 32.0 Å². The number of aromatic amines is 1. The Morgan fingerprint density at radius 3 is 2.42 bits per heavy atom. The van der Waals surface area contributed by atoms with Gasteiger partial charge in [0.15, 0.2) is 0 Å². The Hall–Kier alpha value is -2.43. The Morgan fingerprint density at radius 1 is 1.21 bits per heavy atom. The number of hydrogen-bond donors (Lipinski definition) is 2. The molecule has 0 spiro atoms. The molecule has 0 aliphatic rings. The maximum atomic E-state index is 12.1. The number of aryl methyl sites for hydroxylation is 3. The summed E-state index contributed by atoms with van der Waals surface area (Å²) in [5.41, 5.74) is 2.20. The molecule has 19 heavy (non-hydrogen) atoms. The van der Waals surface area contributed by atoms with Crippen LogP contribution < -0.4 is 10.9 Å². The molecule has 2 aromatic rings. The van der Waals surface area contributed by atoms with E-state index in [1.165, 1.54) is 6.20 Å². The maximum absolute atomic E-state index is 12.1. The number of nitrogens with zero attached hydrogens (tertiary/aromatic N) is 1. The molecule has 0 atom stereocenters. The molecule has 98 valence electrons. The third-order valence-corrected chi connectivity index (χ3v) is 2.89. The van der Waals surface area contributed by atoms with Crippen LogP contribution in [0.5, 0.6) is 0 Å². The van der Waals surface area contributed by atoms with E-state index < -0.39 is 11.5 Å². The number of para-hydroxylation sites is 1. The molecule has 0 saturated heterocycles. The number of carbonyl (C=O) groups excluding carboxylic acids is 1. The highest BCUT2D eigenvalue weighted by Gasteiger charge is 2.13. The van der Waals surface area contributed by atoms with Gasteiger partial charge in [-0.3, -0.25) is 9.59 Å². The van der Waals surface area contributed by atoms with Crippen LogP contribution in [0.4, 0.5) is 5.69 Å². The number of nitrogens with one attached hydrogen (secondary N) is 2. The fraction of sp³-hybridized carbons (Fsp3) is 0.214. The molecule has 1 aromatic heterocycles. The van der Waals surface area contributed by atoms with Gasteiger partial charge < -0.3 is 10.3 Å². The van der Waals surface area contributed by atoms with Crippen molar-refractivity contribution in [1.82, 2.24) is 9.97 Å². The summed E-state index contributed by atoms with van der Waals surface area (Å²) in [7, 11) is 0. The van der Waals surface area contributed by atoms with Gasteiger partial charge in [-0.25, -0.2) is 4.98 Å². The van der Waals surface area contributed by atoms with E-state index in [0.29, 0.717) is 5.82 Å². The predicted molar refractivity (Wildman–Crippen MR) is 73.5 cm³/mol. The number of aromatic nitrogens is 2. The van der Waals surface area contributed by atoms with E-state index in [2.05, 4.69) is 15.3 Å². The highest BCUT2D eigenvalue weighted by Crippen LogP contribution is 2.19. The van der Waals surface area contributed by atoms with E-state index in [-0.39, 0.29) is 5.56 Å². The van der Waals surface area contributed by atoms with Crippen LogP contribution >= 0.6 is 0 Å². The summed E-state index contributed by atoms with van der Waals surface area (Å²) in [6.45, 7) is 5.47. The summed E-state index contributed by atoms with van der Waals surface area (Å²) in [5, 5.41) is 2.76. The highest BCUT2D eigenvalue weighted by molar-refractivity contribution is 6.04. The fourth-order valence-corrected chi connectivity index (χ4v) is 1.84. The molecule has 5 nitrogen and oxygen atoms in total. The number of H-pyrrole nitrogens is 1. The molecule has 2 N–H and O–H groups in total. The van der Waals surface area contributed by atoms with Crippen LogP contribution in [-0.4, -0.2) is 15.9 Å². The van der Waals surface area contributed by atoms with Crippen molar-refractivity contribution >= 4 is 11.6 Å². The lowest BCUT2D eigenvalue weighted by atomic mass is 10.1. The molecule has 0 bridgehead atoms. The van der Waals surface area contributed by atoms with Crippen molar-refractivity contribution in [3.05, 3.63) is 57.3 Å². The first kappa shape index (κ1) is 13.0. The molecule has 0 saturated carbocycles. The number of carbonyl (C=O) groups is 1. The monoisotopic (exact) mass is 257 g/mol. The minimum Gasteiger partial charge on any atom is -0.321 e. The van der Waals surface area contributed by atoms with Gasteiger partial charge in [-0.05, 0) is 31.9 Å². The van der Waals surface area contributed by atoms with Crippen LogP contribution in [0.2, 0.25) is 0 Å². The van der Waals surface area contributed by atoms with E-state index in [1.54, 1.807) is 6.92 Å². The topological polar surface area (TPSA) is 74.8 Å². The molecular weight excluding hydrogens is 242 g/mol. The van der Waals surface area contributed by atoms with E-state index in [0.717, 1.165) is 16.8 Å². The number of rotatable bonds is 2. The van der Waals surface area contributed by atoms with Gasteiger partial charge in [0.25, 0.3) is 11.5 Å². The zero-order valence-corrected chi connectivity index (χ0v) is 11.1. The lowest BCUT2D eigenvalue weighted by Crippen LogP contribution is -2.24. The van der Waals surface area contributed by atoms with E-state index >= 15 is 0 Å². The maximum Gasteiger partial charge on any atom is 0.263 e. The van der Waals surface area contributed by atoms with Crippen molar-refractivity contribution in [3.63, 3.8) is 0 Å². The number of hydrogen-bond acceptors (Lipinski definition) is 3. The molecule has 1 aromatic carbocycles. The SMILES string of the molecule is Cc1ncc(C(=O)Nc2c(C)cccc2C)c(=O)[nH]1. The van der Waals surface area contributed by atoms with Gasteiger partial charge in [0.05, 0.1) is 0 Å². The fourth-order valence-electron chi connectivity index (χ4n) is 1.84. The normalized spacial score (nSPS) is 10.3. The third-order valence-electron chi connectivity index (χ3n) is 2.89. The molecule has 0 aliphatic carbocycles. The van der Waals surface area contributed by atoms with Crippen LogP contribution in [0.15, 0.2) is 29.2 Å². The van der Waals surface area contributed by atoms with Gasteiger partial charge in [0, 0.05) is 11.9 Å². The third kappa shape index (κ3) is 2.70. The molecule has 0 aliphatic heterocycles. The van der Waals surface area contributed by atoms with Gasteiger partial charge in [-0.15, -0.1) is 0 Å². The zero-order chi connectivity index (χ0) is 14.0. The second-order valence-electron chi connectivity index (χ2n) is 4.43. The largest absolute Gasteiger partial charge is 0.321 e. The van der Waals surface area contributed by atoms with Gasteiger partial charge in [0.1, 0.15) is 11.4 Å². The minimum absolute atomic E-state index is 0.00764. The number of benzene rings is 1. The van der Waals surface area contributed by atoms with Crippen molar-refractivity contribution in [1.29, 1.82) is 0 Å². The van der Waals surface area contributed by atoms with Crippen LogP contribution in [0, 0.1) is 20.8 Å². The van der Waals surface area contributed by atoms with Crippen LogP contribution in [0.25, 0.3) is 0 Å². The number of anilines is 1. The Labute approximate surface area is 110 Å². The lowest BCUT2D eigenvalue weighted by Gasteiger charge is -2.10. The van der Waals surface area contributed by atoms with Gasteiger partial charge in [-0.2, -0.15) is 0 Å². The predicted octanol–water partition coefficient (Wildman–Crippen LogP) is 1.95. The molecule has 0 unspecified atom stereocenters. The summed E-state index contributed by atoms with van der Waals surface area (Å²) in [5.74, 6) is 0.0276. The smallest absolute Gasteiger partial charge is 0.263 e.